The van der Waals surface area contributed by atoms with Gasteiger partial charge in [0.15, 0.2) is 6.61 Å². The SMILES string of the molecule is CCC1CCC(N(C(=O)c2cccc(OCC(=O)O)c2)C2CC2)CC1. The summed E-state index contributed by atoms with van der Waals surface area (Å²) in [6.07, 6.45) is 8.02. The van der Waals surface area contributed by atoms with Crippen molar-refractivity contribution < 1.29 is 19.4 Å². The van der Waals surface area contributed by atoms with E-state index in [4.69, 9.17) is 9.84 Å². The molecule has 5 heteroatoms. The van der Waals surface area contributed by atoms with Crippen LogP contribution in [0.2, 0.25) is 0 Å². The van der Waals surface area contributed by atoms with Gasteiger partial charge in [-0.1, -0.05) is 19.4 Å². The fourth-order valence-electron chi connectivity index (χ4n) is 3.83. The van der Waals surface area contributed by atoms with Crippen LogP contribution in [-0.2, 0) is 4.79 Å². The first-order valence-electron chi connectivity index (χ1n) is 9.35. The Labute approximate surface area is 149 Å². The van der Waals surface area contributed by atoms with Crippen LogP contribution in [0, 0.1) is 5.92 Å². The van der Waals surface area contributed by atoms with Gasteiger partial charge in [-0.2, -0.15) is 0 Å². The molecular formula is C20H27NO4. The molecule has 1 N–H and O–H groups in total. The van der Waals surface area contributed by atoms with Gasteiger partial charge in [-0.15, -0.1) is 0 Å². The zero-order chi connectivity index (χ0) is 17.8. The van der Waals surface area contributed by atoms with E-state index < -0.39 is 12.6 Å². The highest BCUT2D eigenvalue weighted by Crippen LogP contribution is 2.37. The third-order valence-electron chi connectivity index (χ3n) is 5.41. The van der Waals surface area contributed by atoms with Gasteiger partial charge in [0.25, 0.3) is 5.91 Å². The van der Waals surface area contributed by atoms with Gasteiger partial charge in [-0.25, -0.2) is 4.79 Å². The van der Waals surface area contributed by atoms with Crippen molar-refractivity contribution >= 4 is 11.9 Å². The van der Waals surface area contributed by atoms with Crippen LogP contribution in [0.5, 0.6) is 5.75 Å². The minimum Gasteiger partial charge on any atom is -0.482 e. The lowest BCUT2D eigenvalue weighted by Gasteiger charge is -2.37. The normalized spacial score (nSPS) is 23.1. The molecule has 0 aromatic heterocycles. The molecule has 0 atom stereocenters. The molecule has 0 radical (unpaired) electrons. The first-order chi connectivity index (χ1) is 12.1. The maximum absolute atomic E-state index is 13.1. The van der Waals surface area contributed by atoms with E-state index >= 15 is 0 Å². The standard InChI is InChI=1S/C20H27NO4/c1-2-14-6-8-16(9-7-14)21(17-10-11-17)20(24)15-4-3-5-18(12-15)25-13-19(22)23/h3-5,12,14,16-17H,2,6-11,13H2,1H3,(H,22,23). The van der Waals surface area contributed by atoms with Crippen LogP contribution in [-0.4, -0.2) is 40.6 Å². The number of amides is 1. The van der Waals surface area contributed by atoms with Gasteiger partial charge in [0, 0.05) is 17.6 Å². The number of nitrogens with zero attached hydrogens (tertiary/aromatic N) is 1. The maximum Gasteiger partial charge on any atom is 0.341 e. The summed E-state index contributed by atoms with van der Waals surface area (Å²) >= 11 is 0. The Balaban J connectivity index is 1.71. The molecule has 0 heterocycles. The number of ether oxygens (including phenoxy) is 1. The van der Waals surface area contributed by atoms with Crippen molar-refractivity contribution in [2.45, 2.75) is 64.0 Å². The fourth-order valence-corrected chi connectivity index (χ4v) is 3.83. The summed E-state index contributed by atoms with van der Waals surface area (Å²) in [5, 5.41) is 8.73. The van der Waals surface area contributed by atoms with Crippen LogP contribution in [0.1, 0.15) is 62.2 Å². The highest BCUT2D eigenvalue weighted by Gasteiger charge is 2.39. The molecule has 2 aliphatic rings. The van der Waals surface area contributed by atoms with Gasteiger partial charge in [0.1, 0.15) is 5.75 Å². The quantitative estimate of drug-likeness (QED) is 0.818. The minimum absolute atomic E-state index is 0.0585. The highest BCUT2D eigenvalue weighted by atomic mass is 16.5. The van der Waals surface area contributed by atoms with E-state index in [0.717, 1.165) is 31.6 Å². The van der Waals surface area contributed by atoms with E-state index in [1.165, 1.54) is 19.3 Å². The van der Waals surface area contributed by atoms with Crippen molar-refractivity contribution in [2.75, 3.05) is 6.61 Å². The van der Waals surface area contributed by atoms with Crippen LogP contribution < -0.4 is 4.74 Å². The van der Waals surface area contributed by atoms with Crippen molar-refractivity contribution in [3.8, 4) is 5.75 Å². The average molecular weight is 345 g/mol. The molecule has 1 amide bonds. The number of rotatable bonds is 7. The molecule has 2 aliphatic carbocycles. The highest BCUT2D eigenvalue weighted by molar-refractivity contribution is 5.95. The van der Waals surface area contributed by atoms with Crippen molar-refractivity contribution in [1.29, 1.82) is 0 Å². The summed E-state index contributed by atoms with van der Waals surface area (Å²) in [5.41, 5.74) is 0.590. The van der Waals surface area contributed by atoms with Crippen LogP contribution in [0.4, 0.5) is 0 Å². The monoisotopic (exact) mass is 345 g/mol. The molecule has 0 spiro atoms. The predicted octanol–water partition coefficient (Wildman–Crippen LogP) is 3.72. The van der Waals surface area contributed by atoms with Crippen LogP contribution >= 0.6 is 0 Å². The smallest absolute Gasteiger partial charge is 0.341 e. The number of carbonyl (C=O) groups excluding carboxylic acids is 1. The lowest BCUT2D eigenvalue weighted by Crippen LogP contribution is -2.43. The molecule has 0 bridgehead atoms. The number of hydrogen-bond donors (Lipinski definition) is 1. The number of carbonyl (C=O) groups is 2. The number of carboxylic acids is 1. The molecule has 3 rings (SSSR count). The Morgan fingerprint density at radius 3 is 2.32 bits per heavy atom. The molecule has 2 fully saturated rings. The number of carboxylic acid groups (broad SMARTS) is 1. The Hall–Kier alpha value is -2.04. The van der Waals surface area contributed by atoms with Gasteiger partial charge in [0.05, 0.1) is 0 Å². The van der Waals surface area contributed by atoms with E-state index in [-0.39, 0.29) is 5.91 Å². The van der Waals surface area contributed by atoms with Gasteiger partial charge < -0.3 is 14.7 Å². The summed E-state index contributed by atoms with van der Waals surface area (Å²) in [4.78, 5) is 25.9. The summed E-state index contributed by atoms with van der Waals surface area (Å²) < 4.78 is 5.22. The third kappa shape index (κ3) is 4.53. The van der Waals surface area contributed by atoms with Crippen molar-refractivity contribution in [3.63, 3.8) is 0 Å². The zero-order valence-electron chi connectivity index (χ0n) is 14.8. The van der Waals surface area contributed by atoms with E-state index in [1.54, 1.807) is 24.3 Å². The van der Waals surface area contributed by atoms with Crippen LogP contribution in [0.25, 0.3) is 0 Å². The predicted molar refractivity (Wildman–Crippen MR) is 94.8 cm³/mol. The number of hydrogen-bond acceptors (Lipinski definition) is 3. The summed E-state index contributed by atoms with van der Waals surface area (Å²) in [6.45, 7) is 1.85. The van der Waals surface area contributed by atoms with Gasteiger partial charge in [-0.05, 0) is 62.6 Å². The largest absolute Gasteiger partial charge is 0.482 e. The molecule has 136 valence electrons. The maximum atomic E-state index is 13.1. The first kappa shape index (κ1) is 17.8. The second-order valence-electron chi connectivity index (χ2n) is 7.24. The van der Waals surface area contributed by atoms with E-state index in [1.807, 2.05) is 0 Å². The summed E-state index contributed by atoms with van der Waals surface area (Å²) in [6, 6.07) is 7.61. The van der Waals surface area contributed by atoms with Gasteiger partial charge in [0.2, 0.25) is 0 Å². The fraction of sp³-hybridized carbons (Fsp3) is 0.600. The molecule has 5 nitrogen and oxygen atoms in total. The summed E-state index contributed by atoms with van der Waals surface area (Å²) in [7, 11) is 0. The lowest BCUT2D eigenvalue weighted by molar-refractivity contribution is -0.139. The molecule has 0 aliphatic heterocycles. The Kier molecular flexibility index (Phi) is 5.61. The minimum atomic E-state index is -1.02. The molecule has 0 unspecified atom stereocenters. The van der Waals surface area contributed by atoms with Gasteiger partial charge >= 0.3 is 5.97 Å². The molecule has 1 aromatic rings. The van der Waals surface area contributed by atoms with Crippen molar-refractivity contribution in [1.82, 2.24) is 4.90 Å². The van der Waals surface area contributed by atoms with E-state index in [2.05, 4.69) is 11.8 Å². The first-order valence-corrected chi connectivity index (χ1v) is 9.35. The third-order valence-corrected chi connectivity index (χ3v) is 5.41. The van der Waals surface area contributed by atoms with E-state index in [0.29, 0.717) is 23.4 Å². The average Bonchev–Trinajstić information content (AvgIpc) is 3.46. The number of benzene rings is 1. The van der Waals surface area contributed by atoms with Crippen molar-refractivity contribution in [2.24, 2.45) is 5.92 Å². The topological polar surface area (TPSA) is 66.8 Å². The summed E-state index contributed by atoms with van der Waals surface area (Å²) in [5.74, 6) is 0.270. The molecular weight excluding hydrogens is 318 g/mol. The van der Waals surface area contributed by atoms with E-state index in [9.17, 15) is 9.59 Å². The molecule has 25 heavy (non-hydrogen) atoms. The Morgan fingerprint density at radius 2 is 1.76 bits per heavy atom. The van der Waals surface area contributed by atoms with Crippen molar-refractivity contribution in [3.05, 3.63) is 29.8 Å². The second kappa shape index (κ2) is 7.89. The molecule has 1 aromatic carbocycles. The second-order valence-corrected chi connectivity index (χ2v) is 7.24. The molecule has 2 saturated carbocycles. The Morgan fingerprint density at radius 1 is 1.12 bits per heavy atom. The number of aliphatic carboxylic acids is 1. The lowest BCUT2D eigenvalue weighted by atomic mass is 9.83. The zero-order valence-corrected chi connectivity index (χ0v) is 14.8. The molecule has 0 saturated heterocycles. The Bertz CT molecular complexity index is 618. The van der Waals surface area contributed by atoms with Crippen LogP contribution in [0.15, 0.2) is 24.3 Å². The van der Waals surface area contributed by atoms with Gasteiger partial charge in [-0.3, -0.25) is 4.79 Å². The van der Waals surface area contributed by atoms with Crippen LogP contribution in [0.3, 0.4) is 0 Å².